The summed E-state index contributed by atoms with van der Waals surface area (Å²) in [4.78, 5) is 36.4. The van der Waals surface area contributed by atoms with Crippen LogP contribution in [0.5, 0.6) is 0 Å². The second-order valence-electron chi connectivity index (χ2n) is 7.05. The Morgan fingerprint density at radius 3 is 2.43 bits per heavy atom. The van der Waals surface area contributed by atoms with Gasteiger partial charge in [0.2, 0.25) is 0 Å². The minimum Gasteiger partial charge on any atom is -0.378 e. The number of hydrogen-bond acceptors (Lipinski definition) is 8. The van der Waals surface area contributed by atoms with Crippen molar-refractivity contribution in [3.05, 3.63) is 35.7 Å². The molecule has 2 aliphatic heterocycles. The number of morpholine rings is 1. The number of amides is 1. The first kappa shape index (κ1) is 18.5. The lowest BCUT2D eigenvalue weighted by atomic mass is 10.2. The third-order valence-corrected chi connectivity index (χ3v) is 5.35. The summed E-state index contributed by atoms with van der Waals surface area (Å²) in [5, 5.41) is 0. The molecule has 1 amide bonds. The van der Waals surface area contributed by atoms with E-state index in [4.69, 9.17) is 4.74 Å². The Labute approximate surface area is 164 Å². The maximum atomic E-state index is 12.7. The quantitative estimate of drug-likeness (QED) is 0.765. The van der Waals surface area contributed by atoms with Gasteiger partial charge in [0.1, 0.15) is 23.7 Å². The second-order valence-corrected chi connectivity index (χ2v) is 7.05. The van der Waals surface area contributed by atoms with E-state index in [0.29, 0.717) is 32.0 Å². The van der Waals surface area contributed by atoms with Crippen LogP contribution in [0.2, 0.25) is 0 Å². The fourth-order valence-corrected chi connectivity index (χ4v) is 3.53. The van der Waals surface area contributed by atoms with Gasteiger partial charge in [0, 0.05) is 50.5 Å². The van der Waals surface area contributed by atoms with Crippen molar-refractivity contribution in [1.29, 1.82) is 0 Å². The first-order chi connectivity index (χ1) is 13.6. The highest BCUT2D eigenvalue weighted by molar-refractivity contribution is 5.92. The fraction of sp³-hybridized carbons (Fsp3) is 0.526. The Morgan fingerprint density at radius 1 is 0.964 bits per heavy atom. The lowest BCUT2D eigenvalue weighted by molar-refractivity contribution is 0.0299. The standard InChI is InChI=1S/C19H25N7O2/c1-14-15(2)21-13-22-18(14)25-5-3-24(4-6-25)17-12-20-11-16(23-17)19(27)26-7-9-28-10-8-26/h11-13H,3-10H2,1-2H3. The van der Waals surface area contributed by atoms with E-state index in [1.807, 2.05) is 6.92 Å². The number of piperazine rings is 1. The van der Waals surface area contributed by atoms with Crippen LogP contribution in [-0.4, -0.2) is 83.2 Å². The summed E-state index contributed by atoms with van der Waals surface area (Å²) >= 11 is 0. The van der Waals surface area contributed by atoms with E-state index in [9.17, 15) is 4.79 Å². The predicted octanol–water partition coefficient (Wildman–Crippen LogP) is 0.682. The Kier molecular flexibility index (Phi) is 5.34. The van der Waals surface area contributed by atoms with Gasteiger partial charge in [0.15, 0.2) is 0 Å². The van der Waals surface area contributed by atoms with Crippen LogP contribution < -0.4 is 9.80 Å². The van der Waals surface area contributed by atoms with E-state index < -0.39 is 0 Å². The fourth-order valence-electron chi connectivity index (χ4n) is 3.53. The maximum absolute atomic E-state index is 12.7. The Bertz CT molecular complexity index is 846. The van der Waals surface area contributed by atoms with Crippen molar-refractivity contribution < 1.29 is 9.53 Å². The van der Waals surface area contributed by atoms with Crippen molar-refractivity contribution in [1.82, 2.24) is 24.8 Å². The average molecular weight is 383 g/mol. The second kappa shape index (κ2) is 8.05. The normalized spacial score (nSPS) is 17.7. The van der Waals surface area contributed by atoms with E-state index in [2.05, 4.69) is 36.7 Å². The molecule has 9 heteroatoms. The molecule has 4 rings (SSSR count). The maximum Gasteiger partial charge on any atom is 0.274 e. The lowest BCUT2D eigenvalue weighted by Crippen LogP contribution is -2.47. The summed E-state index contributed by atoms with van der Waals surface area (Å²) in [5.74, 6) is 1.66. The van der Waals surface area contributed by atoms with Crippen LogP contribution in [0.25, 0.3) is 0 Å². The molecule has 28 heavy (non-hydrogen) atoms. The highest BCUT2D eigenvalue weighted by atomic mass is 16.5. The van der Waals surface area contributed by atoms with E-state index >= 15 is 0 Å². The molecule has 0 N–H and O–H groups in total. The van der Waals surface area contributed by atoms with Gasteiger partial charge in [-0.15, -0.1) is 0 Å². The van der Waals surface area contributed by atoms with Gasteiger partial charge in [0.05, 0.1) is 25.6 Å². The first-order valence-electron chi connectivity index (χ1n) is 9.60. The monoisotopic (exact) mass is 383 g/mol. The number of carbonyl (C=O) groups excluding carboxylic acids is 1. The number of nitrogens with zero attached hydrogens (tertiary/aromatic N) is 7. The molecule has 0 bridgehead atoms. The number of aryl methyl sites for hydroxylation is 1. The highest BCUT2D eigenvalue weighted by Gasteiger charge is 2.24. The highest BCUT2D eigenvalue weighted by Crippen LogP contribution is 2.21. The zero-order chi connectivity index (χ0) is 19.5. The molecule has 148 valence electrons. The topological polar surface area (TPSA) is 87.6 Å². The van der Waals surface area contributed by atoms with Crippen LogP contribution in [0.4, 0.5) is 11.6 Å². The minimum absolute atomic E-state index is 0.0802. The third-order valence-electron chi connectivity index (χ3n) is 5.35. The molecule has 2 fully saturated rings. The lowest BCUT2D eigenvalue weighted by Gasteiger charge is -2.36. The SMILES string of the molecule is Cc1ncnc(N2CCN(c3cncc(C(=O)N4CCOCC4)n3)CC2)c1C. The summed E-state index contributed by atoms with van der Waals surface area (Å²) in [7, 11) is 0. The Balaban J connectivity index is 1.43. The molecule has 2 aromatic heterocycles. The van der Waals surface area contributed by atoms with Gasteiger partial charge in [-0.25, -0.2) is 15.0 Å². The zero-order valence-electron chi connectivity index (χ0n) is 16.3. The van der Waals surface area contributed by atoms with Crippen molar-refractivity contribution in [2.45, 2.75) is 13.8 Å². The summed E-state index contributed by atoms with van der Waals surface area (Å²) < 4.78 is 5.32. The van der Waals surface area contributed by atoms with Crippen LogP contribution >= 0.6 is 0 Å². The number of aromatic nitrogens is 4. The summed E-state index contributed by atoms with van der Waals surface area (Å²) in [6.45, 7) is 9.67. The number of ether oxygens (including phenoxy) is 1. The Morgan fingerprint density at radius 2 is 1.68 bits per heavy atom. The van der Waals surface area contributed by atoms with E-state index in [0.717, 1.165) is 49.1 Å². The van der Waals surface area contributed by atoms with Gasteiger partial charge in [-0.05, 0) is 13.8 Å². The van der Waals surface area contributed by atoms with Crippen LogP contribution in [-0.2, 0) is 4.74 Å². The van der Waals surface area contributed by atoms with E-state index in [1.54, 1.807) is 23.6 Å². The van der Waals surface area contributed by atoms with Gasteiger partial charge in [-0.1, -0.05) is 0 Å². The molecule has 2 aliphatic rings. The number of carbonyl (C=O) groups is 1. The number of hydrogen-bond donors (Lipinski definition) is 0. The number of rotatable bonds is 3. The molecular weight excluding hydrogens is 358 g/mol. The third kappa shape index (κ3) is 3.75. The van der Waals surface area contributed by atoms with Gasteiger partial charge >= 0.3 is 0 Å². The van der Waals surface area contributed by atoms with Crippen molar-refractivity contribution in [3.63, 3.8) is 0 Å². The molecule has 0 unspecified atom stereocenters. The minimum atomic E-state index is -0.0802. The van der Waals surface area contributed by atoms with Crippen LogP contribution in [0.3, 0.4) is 0 Å². The first-order valence-corrected chi connectivity index (χ1v) is 9.60. The predicted molar refractivity (Wildman–Crippen MR) is 105 cm³/mol. The molecule has 2 saturated heterocycles. The largest absolute Gasteiger partial charge is 0.378 e. The number of anilines is 2. The average Bonchev–Trinajstić information content (AvgIpc) is 2.76. The summed E-state index contributed by atoms with van der Waals surface area (Å²) in [5.41, 5.74) is 2.52. The van der Waals surface area contributed by atoms with E-state index in [-0.39, 0.29) is 5.91 Å². The van der Waals surface area contributed by atoms with Crippen molar-refractivity contribution in [3.8, 4) is 0 Å². The van der Waals surface area contributed by atoms with Gasteiger partial charge in [-0.2, -0.15) is 0 Å². The van der Waals surface area contributed by atoms with Gasteiger partial charge in [-0.3, -0.25) is 9.78 Å². The molecule has 0 spiro atoms. The van der Waals surface area contributed by atoms with Crippen molar-refractivity contribution >= 4 is 17.5 Å². The van der Waals surface area contributed by atoms with Crippen LogP contribution in [0.1, 0.15) is 21.7 Å². The van der Waals surface area contributed by atoms with Crippen molar-refractivity contribution in [2.75, 3.05) is 62.3 Å². The van der Waals surface area contributed by atoms with Gasteiger partial charge in [0.25, 0.3) is 5.91 Å². The molecule has 4 heterocycles. The summed E-state index contributed by atoms with van der Waals surface area (Å²) in [6.07, 6.45) is 4.90. The molecular formula is C19H25N7O2. The van der Waals surface area contributed by atoms with Crippen molar-refractivity contribution in [2.24, 2.45) is 0 Å². The van der Waals surface area contributed by atoms with Gasteiger partial charge < -0.3 is 19.4 Å². The summed E-state index contributed by atoms with van der Waals surface area (Å²) in [6, 6.07) is 0. The molecule has 0 saturated carbocycles. The molecule has 0 radical (unpaired) electrons. The van der Waals surface area contributed by atoms with Crippen LogP contribution in [0, 0.1) is 13.8 Å². The molecule has 0 atom stereocenters. The molecule has 0 aromatic carbocycles. The molecule has 0 aliphatic carbocycles. The Hall–Kier alpha value is -2.81. The van der Waals surface area contributed by atoms with Crippen LogP contribution in [0.15, 0.2) is 18.7 Å². The van der Waals surface area contributed by atoms with E-state index in [1.165, 1.54) is 0 Å². The molecule has 9 nitrogen and oxygen atoms in total. The molecule has 2 aromatic rings. The zero-order valence-corrected chi connectivity index (χ0v) is 16.3. The smallest absolute Gasteiger partial charge is 0.274 e.